The molecular weight excluding hydrogens is 148 g/mol. The average Bonchev–Trinajstić information content (AvgIpc) is 2.01. The van der Waals surface area contributed by atoms with E-state index in [0.717, 1.165) is 18.5 Å². The second-order valence-corrected chi connectivity index (χ2v) is 3.66. The summed E-state index contributed by atoms with van der Waals surface area (Å²) in [5, 5.41) is 0. The summed E-state index contributed by atoms with van der Waals surface area (Å²) in [6, 6.07) is 4.66. The summed E-state index contributed by atoms with van der Waals surface area (Å²) in [5.74, 6) is 0.674. The van der Waals surface area contributed by atoms with E-state index in [9.17, 15) is 0 Å². The van der Waals surface area contributed by atoms with Crippen LogP contribution >= 0.6 is 0 Å². The third-order valence-corrected chi connectivity index (χ3v) is 2.58. The van der Waals surface area contributed by atoms with E-state index < -0.39 is 0 Å². The minimum Gasteiger partial charge on any atom is -0.328 e. The smallest absolute Gasteiger partial charge is 0.0372 e. The summed E-state index contributed by atoms with van der Waals surface area (Å²) < 4.78 is 0. The highest BCUT2D eigenvalue weighted by Gasteiger charge is 2.27. The standard InChI is InChI=1S/C10H14N2/c1-7-2-3-8(6-12-7)9-4-10(11)5-9/h2-3,6,9-10H,4-5,11H2,1H3. The van der Waals surface area contributed by atoms with Gasteiger partial charge in [-0.05, 0) is 37.3 Å². The Labute approximate surface area is 72.8 Å². The van der Waals surface area contributed by atoms with Gasteiger partial charge in [0.25, 0.3) is 0 Å². The molecule has 0 aliphatic heterocycles. The van der Waals surface area contributed by atoms with Crippen LogP contribution in [0.15, 0.2) is 18.3 Å². The molecule has 1 fully saturated rings. The summed E-state index contributed by atoms with van der Waals surface area (Å²) in [4.78, 5) is 4.27. The third-order valence-electron chi connectivity index (χ3n) is 2.58. The van der Waals surface area contributed by atoms with Crippen LogP contribution in [0.5, 0.6) is 0 Å². The number of hydrogen-bond acceptors (Lipinski definition) is 2. The molecule has 1 heterocycles. The first-order valence-electron chi connectivity index (χ1n) is 4.44. The lowest BCUT2D eigenvalue weighted by Crippen LogP contribution is -2.34. The number of hydrogen-bond donors (Lipinski definition) is 1. The molecule has 0 spiro atoms. The van der Waals surface area contributed by atoms with Crippen molar-refractivity contribution < 1.29 is 0 Å². The van der Waals surface area contributed by atoms with E-state index in [1.807, 2.05) is 13.1 Å². The number of aromatic nitrogens is 1. The lowest BCUT2D eigenvalue weighted by molar-refractivity contribution is 0.351. The van der Waals surface area contributed by atoms with E-state index in [1.54, 1.807) is 0 Å². The highest BCUT2D eigenvalue weighted by Crippen LogP contribution is 2.34. The van der Waals surface area contributed by atoms with E-state index in [2.05, 4.69) is 17.1 Å². The van der Waals surface area contributed by atoms with E-state index in [1.165, 1.54) is 5.56 Å². The van der Waals surface area contributed by atoms with Crippen molar-refractivity contribution in [1.29, 1.82) is 0 Å². The van der Waals surface area contributed by atoms with Gasteiger partial charge in [-0.15, -0.1) is 0 Å². The van der Waals surface area contributed by atoms with Crippen molar-refractivity contribution in [3.05, 3.63) is 29.6 Å². The first-order chi connectivity index (χ1) is 5.75. The van der Waals surface area contributed by atoms with Gasteiger partial charge < -0.3 is 5.73 Å². The van der Waals surface area contributed by atoms with Gasteiger partial charge in [-0.1, -0.05) is 6.07 Å². The fraction of sp³-hybridized carbons (Fsp3) is 0.500. The molecule has 2 N–H and O–H groups in total. The Kier molecular flexibility index (Phi) is 1.85. The Bertz CT molecular complexity index is 260. The van der Waals surface area contributed by atoms with E-state index in [-0.39, 0.29) is 0 Å². The second kappa shape index (κ2) is 2.87. The van der Waals surface area contributed by atoms with Gasteiger partial charge in [0.05, 0.1) is 0 Å². The Morgan fingerprint density at radius 2 is 2.17 bits per heavy atom. The molecule has 1 aromatic rings. The van der Waals surface area contributed by atoms with Crippen LogP contribution in [-0.4, -0.2) is 11.0 Å². The maximum atomic E-state index is 5.72. The first kappa shape index (κ1) is 7.74. The normalized spacial score (nSPS) is 28.2. The number of rotatable bonds is 1. The fourth-order valence-electron chi connectivity index (χ4n) is 1.65. The van der Waals surface area contributed by atoms with Gasteiger partial charge >= 0.3 is 0 Å². The van der Waals surface area contributed by atoms with E-state index in [4.69, 9.17) is 5.73 Å². The molecule has 1 aliphatic carbocycles. The van der Waals surface area contributed by atoms with Crippen molar-refractivity contribution in [2.75, 3.05) is 0 Å². The first-order valence-corrected chi connectivity index (χ1v) is 4.44. The molecule has 1 saturated carbocycles. The number of pyridine rings is 1. The van der Waals surface area contributed by atoms with Gasteiger partial charge in [0.15, 0.2) is 0 Å². The molecule has 2 heteroatoms. The van der Waals surface area contributed by atoms with Crippen molar-refractivity contribution >= 4 is 0 Å². The predicted molar refractivity (Wildman–Crippen MR) is 48.9 cm³/mol. The molecule has 0 aromatic carbocycles. The fourth-order valence-corrected chi connectivity index (χ4v) is 1.65. The Hall–Kier alpha value is -0.890. The van der Waals surface area contributed by atoms with Crippen molar-refractivity contribution in [2.24, 2.45) is 5.73 Å². The van der Waals surface area contributed by atoms with Crippen molar-refractivity contribution in [3.63, 3.8) is 0 Å². The molecular formula is C10H14N2. The molecule has 0 radical (unpaired) electrons. The van der Waals surface area contributed by atoms with Crippen LogP contribution in [0.4, 0.5) is 0 Å². The summed E-state index contributed by atoms with van der Waals surface area (Å²) in [5.41, 5.74) is 8.15. The maximum absolute atomic E-state index is 5.72. The minimum absolute atomic E-state index is 0.427. The largest absolute Gasteiger partial charge is 0.328 e. The summed E-state index contributed by atoms with van der Waals surface area (Å²) >= 11 is 0. The quantitative estimate of drug-likeness (QED) is 0.681. The van der Waals surface area contributed by atoms with Crippen molar-refractivity contribution in [1.82, 2.24) is 4.98 Å². The highest BCUT2D eigenvalue weighted by atomic mass is 14.7. The zero-order valence-corrected chi connectivity index (χ0v) is 7.33. The molecule has 1 aromatic heterocycles. The Balaban J connectivity index is 2.09. The molecule has 12 heavy (non-hydrogen) atoms. The van der Waals surface area contributed by atoms with Gasteiger partial charge in [-0.25, -0.2) is 0 Å². The molecule has 0 unspecified atom stereocenters. The van der Waals surface area contributed by atoms with Gasteiger partial charge in [0.1, 0.15) is 0 Å². The van der Waals surface area contributed by atoms with Gasteiger partial charge in [0.2, 0.25) is 0 Å². The lowest BCUT2D eigenvalue weighted by atomic mass is 9.77. The maximum Gasteiger partial charge on any atom is 0.0372 e. The average molecular weight is 162 g/mol. The van der Waals surface area contributed by atoms with Crippen molar-refractivity contribution in [2.45, 2.75) is 31.7 Å². The SMILES string of the molecule is Cc1ccc(C2CC(N)C2)cn1. The van der Waals surface area contributed by atoms with Gasteiger partial charge in [-0.2, -0.15) is 0 Å². The third kappa shape index (κ3) is 1.34. The van der Waals surface area contributed by atoms with Gasteiger partial charge in [-0.3, -0.25) is 4.98 Å². The van der Waals surface area contributed by atoms with Crippen LogP contribution in [-0.2, 0) is 0 Å². The molecule has 0 atom stereocenters. The summed E-state index contributed by atoms with van der Waals surface area (Å²) in [7, 11) is 0. The van der Waals surface area contributed by atoms with Crippen molar-refractivity contribution in [3.8, 4) is 0 Å². The molecule has 0 saturated heterocycles. The molecule has 64 valence electrons. The predicted octanol–water partition coefficient (Wildman–Crippen LogP) is 1.59. The monoisotopic (exact) mass is 162 g/mol. The number of nitrogens with two attached hydrogens (primary N) is 1. The second-order valence-electron chi connectivity index (χ2n) is 3.66. The lowest BCUT2D eigenvalue weighted by Gasteiger charge is -2.32. The van der Waals surface area contributed by atoms with Crippen LogP contribution in [0.25, 0.3) is 0 Å². The molecule has 0 bridgehead atoms. The van der Waals surface area contributed by atoms with Crippen LogP contribution in [0.1, 0.15) is 30.0 Å². The molecule has 2 nitrogen and oxygen atoms in total. The van der Waals surface area contributed by atoms with E-state index in [0.29, 0.717) is 12.0 Å². The van der Waals surface area contributed by atoms with Crippen LogP contribution in [0.3, 0.4) is 0 Å². The Morgan fingerprint density at radius 3 is 2.67 bits per heavy atom. The van der Waals surface area contributed by atoms with Crippen LogP contribution in [0, 0.1) is 6.92 Å². The summed E-state index contributed by atoms with van der Waals surface area (Å²) in [6.45, 7) is 2.01. The zero-order chi connectivity index (χ0) is 8.55. The minimum atomic E-state index is 0.427. The van der Waals surface area contributed by atoms with Crippen LogP contribution in [0.2, 0.25) is 0 Å². The van der Waals surface area contributed by atoms with Gasteiger partial charge in [0, 0.05) is 17.9 Å². The molecule has 0 amide bonds. The van der Waals surface area contributed by atoms with Crippen LogP contribution < -0.4 is 5.73 Å². The van der Waals surface area contributed by atoms with E-state index >= 15 is 0 Å². The number of aryl methyl sites for hydroxylation is 1. The Morgan fingerprint density at radius 1 is 1.42 bits per heavy atom. The number of nitrogens with zero attached hydrogens (tertiary/aromatic N) is 1. The topological polar surface area (TPSA) is 38.9 Å². The zero-order valence-electron chi connectivity index (χ0n) is 7.33. The summed E-state index contributed by atoms with van der Waals surface area (Å²) in [6.07, 6.45) is 4.24. The molecule has 1 aliphatic rings. The highest BCUT2D eigenvalue weighted by molar-refractivity contribution is 5.20. The molecule has 2 rings (SSSR count).